The number of benzene rings is 2. The van der Waals surface area contributed by atoms with Crippen LogP contribution in [0.15, 0.2) is 42.5 Å². The van der Waals surface area contributed by atoms with Gasteiger partial charge in [-0.05, 0) is 59.9 Å². The molecule has 24 heavy (non-hydrogen) atoms. The third kappa shape index (κ3) is 4.23. The minimum absolute atomic E-state index is 0.723. The first-order valence-corrected chi connectivity index (χ1v) is 9.20. The van der Waals surface area contributed by atoms with Gasteiger partial charge >= 0.3 is 0 Å². The summed E-state index contributed by atoms with van der Waals surface area (Å²) in [5.41, 5.74) is 3.00. The van der Waals surface area contributed by atoms with Gasteiger partial charge in [-0.15, -0.1) is 0 Å². The lowest BCUT2D eigenvalue weighted by Crippen LogP contribution is -2.16. The van der Waals surface area contributed by atoms with Gasteiger partial charge in [0.2, 0.25) is 0 Å². The standard InChI is InChI=1S/C22H26F2/c1-2-3-16-4-6-17(7-5-16)14-18-8-10-19(11-9-18)20-12-13-21(23)22(24)15-20/h8-13,15-17H,2-7,14H2,1H3. The lowest BCUT2D eigenvalue weighted by atomic mass is 9.78. The molecule has 0 aliphatic heterocycles. The molecule has 2 heteroatoms. The molecular weight excluding hydrogens is 302 g/mol. The summed E-state index contributed by atoms with van der Waals surface area (Å²) >= 11 is 0. The Morgan fingerprint density at radius 3 is 2.04 bits per heavy atom. The van der Waals surface area contributed by atoms with Crippen molar-refractivity contribution in [3.05, 3.63) is 59.7 Å². The van der Waals surface area contributed by atoms with Crippen LogP contribution in [0.25, 0.3) is 11.1 Å². The van der Waals surface area contributed by atoms with E-state index in [1.165, 1.54) is 56.2 Å². The molecule has 3 rings (SSSR count). The van der Waals surface area contributed by atoms with Gasteiger partial charge in [-0.1, -0.05) is 62.9 Å². The van der Waals surface area contributed by atoms with Crippen molar-refractivity contribution in [1.29, 1.82) is 0 Å². The second-order valence-corrected chi connectivity index (χ2v) is 7.21. The fraction of sp³-hybridized carbons (Fsp3) is 0.455. The first-order chi connectivity index (χ1) is 11.7. The van der Waals surface area contributed by atoms with Crippen molar-refractivity contribution in [3.63, 3.8) is 0 Å². The van der Waals surface area contributed by atoms with E-state index in [2.05, 4.69) is 19.1 Å². The van der Waals surface area contributed by atoms with Crippen molar-refractivity contribution >= 4 is 0 Å². The summed E-state index contributed by atoms with van der Waals surface area (Å²) in [6.07, 6.45) is 9.27. The summed E-state index contributed by atoms with van der Waals surface area (Å²) in [6, 6.07) is 12.4. The minimum atomic E-state index is -0.797. The zero-order valence-electron chi connectivity index (χ0n) is 14.4. The van der Waals surface area contributed by atoms with E-state index in [9.17, 15) is 8.78 Å². The van der Waals surface area contributed by atoms with E-state index in [1.807, 2.05) is 12.1 Å². The zero-order valence-corrected chi connectivity index (χ0v) is 14.4. The maximum Gasteiger partial charge on any atom is 0.159 e. The van der Waals surface area contributed by atoms with E-state index in [0.717, 1.165) is 29.4 Å². The van der Waals surface area contributed by atoms with Crippen LogP contribution in [0, 0.1) is 23.5 Å². The molecule has 1 saturated carbocycles. The highest BCUT2D eigenvalue weighted by Crippen LogP contribution is 2.33. The highest BCUT2D eigenvalue weighted by atomic mass is 19.2. The Labute approximate surface area is 143 Å². The molecule has 0 saturated heterocycles. The molecule has 0 radical (unpaired) electrons. The number of rotatable bonds is 5. The molecule has 1 aliphatic carbocycles. The van der Waals surface area contributed by atoms with E-state index in [-0.39, 0.29) is 0 Å². The third-order valence-corrected chi connectivity index (χ3v) is 5.39. The predicted molar refractivity (Wildman–Crippen MR) is 95.9 cm³/mol. The van der Waals surface area contributed by atoms with Crippen LogP contribution >= 0.6 is 0 Å². The molecule has 0 bridgehead atoms. The Hall–Kier alpha value is -1.70. The van der Waals surface area contributed by atoms with Gasteiger partial charge in [-0.2, -0.15) is 0 Å². The number of halogens is 2. The molecule has 0 spiro atoms. The van der Waals surface area contributed by atoms with Crippen molar-refractivity contribution < 1.29 is 8.78 Å². The molecule has 128 valence electrons. The van der Waals surface area contributed by atoms with E-state index < -0.39 is 11.6 Å². The molecule has 2 aromatic rings. The maximum atomic E-state index is 13.4. The summed E-state index contributed by atoms with van der Waals surface area (Å²) < 4.78 is 26.4. The third-order valence-electron chi connectivity index (χ3n) is 5.39. The molecule has 0 unspecified atom stereocenters. The minimum Gasteiger partial charge on any atom is -0.204 e. The van der Waals surface area contributed by atoms with Gasteiger partial charge in [0.1, 0.15) is 0 Å². The smallest absolute Gasteiger partial charge is 0.159 e. The van der Waals surface area contributed by atoms with E-state index in [4.69, 9.17) is 0 Å². The molecule has 0 atom stereocenters. The topological polar surface area (TPSA) is 0 Å². The van der Waals surface area contributed by atoms with Crippen LogP contribution in [0.4, 0.5) is 8.78 Å². The lowest BCUT2D eigenvalue weighted by molar-refractivity contribution is 0.261. The largest absolute Gasteiger partial charge is 0.204 e. The average molecular weight is 328 g/mol. The highest BCUT2D eigenvalue weighted by Gasteiger charge is 2.20. The van der Waals surface area contributed by atoms with Gasteiger partial charge in [0, 0.05) is 0 Å². The van der Waals surface area contributed by atoms with Crippen molar-refractivity contribution in [2.75, 3.05) is 0 Å². The monoisotopic (exact) mass is 328 g/mol. The molecule has 0 heterocycles. The summed E-state index contributed by atoms with van der Waals surface area (Å²) in [5, 5.41) is 0. The summed E-state index contributed by atoms with van der Waals surface area (Å²) in [7, 11) is 0. The fourth-order valence-electron chi connectivity index (χ4n) is 3.97. The van der Waals surface area contributed by atoms with Crippen molar-refractivity contribution in [2.24, 2.45) is 11.8 Å². The van der Waals surface area contributed by atoms with Gasteiger partial charge in [-0.25, -0.2) is 8.78 Å². The van der Waals surface area contributed by atoms with Crippen LogP contribution in [0.1, 0.15) is 51.0 Å². The second kappa shape index (κ2) is 7.92. The van der Waals surface area contributed by atoms with Gasteiger partial charge in [0.25, 0.3) is 0 Å². The Morgan fingerprint density at radius 1 is 0.792 bits per heavy atom. The van der Waals surface area contributed by atoms with Crippen LogP contribution in [-0.4, -0.2) is 0 Å². The number of hydrogen-bond donors (Lipinski definition) is 0. The molecule has 0 N–H and O–H groups in total. The quantitative estimate of drug-likeness (QED) is 0.567. The summed E-state index contributed by atoms with van der Waals surface area (Å²) in [6.45, 7) is 2.28. The van der Waals surface area contributed by atoms with E-state index in [0.29, 0.717) is 0 Å². The SMILES string of the molecule is CCCC1CCC(Cc2ccc(-c3ccc(F)c(F)c3)cc2)CC1. The Bertz CT molecular complexity index is 652. The van der Waals surface area contributed by atoms with E-state index >= 15 is 0 Å². The van der Waals surface area contributed by atoms with Crippen molar-refractivity contribution in [3.8, 4) is 11.1 Å². The second-order valence-electron chi connectivity index (χ2n) is 7.21. The van der Waals surface area contributed by atoms with Gasteiger partial charge in [0.15, 0.2) is 11.6 Å². The Morgan fingerprint density at radius 2 is 1.42 bits per heavy atom. The first kappa shape index (κ1) is 17.1. The average Bonchev–Trinajstić information content (AvgIpc) is 2.60. The first-order valence-electron chi connectivity index (χ1n) is 9.20. The molecular formula is C22H26F2. The number of hydrogen-bond acceptors (Lipinski definition) is 0. The maximum absolute atomic E-state index is 13.4. The van der Waals surface area contributed by atoms with Crippen molar-refractivity contribution in [1.82, 2.24) is 0 Å². The van der Waals surface area contributed by atoms with Crippen LogP contribution in [-0.2, 0) is 6.42 Å². The van der Waals surface area contributed by atoms with Crippen molar-refractivity contribution in [2.45, 2.75) is 51.9 Å². The molecule has 0 aromatic heterocycles. The summed E-state index contributed by atoms with van der Waals surface area (Å²) in [4.78, 5) is 0. The van der Waals surface area contributed by atoms with Crippen LogP contribution < -0.4 is 0 Å². The highest BCUT2D eigenvalue weighted by molar-refractivity contribution is 5.63. The molecule has 2 aromatic carbocycles. The van der Waals surface area contributed by atoms with Crippen LogP contribution in [0.3, 0.4) is 0 Å². The van der Waals surface area contributed by atoms with Crippen LogP contribution in [0.5, 0.6) is 0 Å². The van der Waals surface area contributed by atoms with Crippen LogP contribution in [0.2, 0.25) is 0 Å². The molecule has 0 amide bonds. The van der Waals surface area contributed by atoms with Gasteiger partial charge < -0.3 is 0 Å². The predicted octanol–water partition coefficient (Wildman–Crippen LogP) is 6.78. The Balaban J connectivity index is 1.60. The molecule has 0 nitrogen and oxygen atoms in total. The van der Waals surface area contributed by atoms with E-state index in [1.54, 1.807) is 6.07 Å². The normalized spacial score (nSPS) is 21.0. The fourth-order valence-corrected chi connectivity index (χ4v) is 3.97. The molecule has 1 aliphatic rings. The summed E-state index contributed by atoms with van der Waals surface area (Å²) in [5.74, 6) is 0.156. The molecule has 1 fully saturated rings. The van der Waals surface area contributed by atoms with Gasteiger partial charge in [-0.3, -0.25) is 0 Å². The lowest BCUT2D eigenvalue weighted by Gasteiger charge is -2.28. The van der Waals surface area contributed by atoms with Gasteiger partial charge in [0.05, 0.1) is 0 Å². The zero-order chi connectivity index (χ0) is 16.9. The Kier molecular flexibility index (Phi) is 5.65.